The van der Waals surface area contributed by atoms with Crippen molar-refractivity contribution >= 4 is 27.7 Å². The summed E-state index contributed by atoms with van der Waals surface area (Å²) in [6.07, 6.45) is 1.40. The Balaban J connectivity index is 3.14. The summed E-state index contributed by atoms with van der Waals surface area (Å²) in [5.41, 5.74) is 0.463. The first kappa shape index (κ1) is 7.98. The molecule has 0 fully saturated rings. The molecule has 0 bridgehead atoms. The van der Waals surface area contributed by atoms with Crippen LogP contribution < -0.4 is 0 Å². The summed E-state index contributed by atoms with van der Waals surface area (Å²) in [4.78, 5) is 13.2. The number of phenolic OH excluding ortho intramolecular Hbond substituents is 1. The van der Waals surface area contributed by atoms with Crippen LogP contribution in [0.15, 0.2) is 27.7 Å². The van der Waals surface area contributed by atoms with Gasteiger partial charge in [-0.05, 0) is 34.1 Å². The lowest BCUT2D eigenvalue weighted by atomic mass is 10.3. The minimum Gasteiger partial charge on any atom is -0.507 e. The molecule has 0 atom stereocenters. The monoisotopic (exact) mass is 213 g/mol. The zero-order valence-corrected chi connectivity index (χ0v) is 7.00. The summed E-state index contributed by atoms with van der Waals surface area (Å²) in [6.45, 7) is 0. The van der Waals surface area contributed by atoms with Crippen LogP contribution in [0.5, 0.6) is 5.75 Å². The van der Waals surface area contributed by atoms with Gasteiger partial charge in [0.05, 0.1) is 10.2 Å². The Morgan fingerprint density at radius 3 is 2.82 bits per heavy atom. The molecule has 0 radical (unpaired) electrons. The van der Waals surface area contributed by atoms with Crippen molar-refractivity contribution in [3.8, 4) is 5.75 Å². The summed E-state index contributed by atoms with van der Waals surface area (Å²) in [5.74, 6) is 0.120. The van der Waals surface area contributed by atoms with Gasteiger partial charge in [-0.3, -0.25) is 0 Å². The summed E-state index contributed by atoms with van der Waals surface area (Å²) >= 11 is 3.08. The zero-order chi connectivity index (χ0) is 8.27. The summed E-state index contributed by atoms with van der Waals surface area (Å²) in [6, 6.07) is 4.49. The standard InChI is InChI=1S/C7H4BrNO2/c8-6-3-5(9-4-10)1-2-7(6)11/h1-3,11H. The van der Waals surface area contributed by atoms with Gasteiger partial charge in [0, 0.05) is 0 Å². The molecule has 11 heavy (non-hydrogen) atoms. The number of aliphatic imine (C=N–C) groups is 1. The van der Waals surface area contributed by atoms with Crippen molar-refractivity contribution in [2.75, 3.05) is 0 Å². The van der Waals surface area contributed by atoms with Crippen LogP contribution >= 0.6 is 15.9 Å². The molecule has 0 spiro atoms. The highest BCUT2D eigenvalue weighted by molar-refractivity contribution is 9.10. The molecule has 0 aliphatic rings. The van der Waals surface area contributed by atoms with E-state index in [9.17, 15) is 4.79 Å². The molecule has 3 nitrogen and oxygen atoms in total. The van der Waals surface area contributed by atoms with Crippen LogP contribution in [-0.2, 0) is 4.79 Å². The first-order chi connectivity index (χ1) is 5.24. The molecule has 4 heteroatoms. The van der Waals surface area contributed by atoms with E-state index in [1.54, 1.807) is 0 Å². The predicted octanol–water partition coefficient (Wildman–Crippen LogP) is 2.12. The van der Waals surface area contributed by atoms with Gasteiger partial charge in [0.2, 0.25) is 6.08 Å². The van der Waals surface area contributed by atoms with Crippen LogP contribution in [0.1, 0.15) is 0 Å². The van der Waals surface area contributed by atoms with Crippen LogP contribution in [0, 0.1) is 0 Å². The average Bonchev–Trinajstić information content (AvgIpc) is 1.98. The molecule has 0 aromatic heterocycles. The molecule has 0 aliphatic heterocycles. The molecule has 1 aromatic carbocycles. The number of hydrogen-bond donors (Lipinski definition) is 1. The normalized spacial score (nSPS) is 8.82. The topological polar surface area (TPSA) is 49.7 Å². The Labute approximate surface area is 71.5 Å². The van der Waals surface area contributed by atoms with Crippen LogP contribution in [0.3, 0.4) is 0 Å². The number of aromatic hydroxyl groups is 1. The van der Waals surface area contributed by atoms with Crippen LogP contribution in [0.2, 0.25) is 0 Å². The van der Waals surface area contributed by atoms with Gasteiger partial charge in [0.1, 0.15) is 5.75 Å². The molecular formula is C7H4BrNO2. The summed E-state index contributed by atoms with van der Waals surface area (Å²) < 4.78 is 0.508. The predicted molar refractivity (Wildman–Crippen MR) is 43.6 cm³/mol. The van der Waals surface area contributed by atoms with E-state index in [1.165, 1.54) is 24.3 Å². The Hall–Kier alpha value is -1.12. The highest BCUT2D eigenvalue weighted by Crippen LogP contribution is 2.27. The minimum absolute atomic E-state index is 0.120. The fraction of sp³-hybridized carbons (Fsp3) is 0. The van der Waals surface area contributed by atoms with E-state index in [4.69, 9.17) is 5.11 Å². The first-order valence-corrected chi connectivity index (χ1v) is 3.59. The zero-order valence-electron chi connectivity index (χ0n) is 5.41. The number of hydrogen-bond acceptors (Lipinski definition) is 3. The number of halogens is 1. The van der Waals surface area contributed by atoms with E-state index in [2.05, 4.69) is 20.9 Å². The van der Waals surface area contributed by atoms with Gasteiger partial charge in [-0.1, -0.05) is 0 Å². The molecule has 0 aliphatic carbocycles. The summed E-state index contributed by atoms with van der Waals surface area (Å²) in [5, 5.41) is 9.02. The third kappa shape index (κ3) is 1.90. The fourth-order valence-electron chi connectivity index (χ4n) is 0.618. The number of phenols is 1. The van der Waals surface area contributed by atoms with E-state index < -0.39 is 0 Å². The van der Waals surface area contributed by atoms with Crippen LogP contribution in [0.25, 0.3) is 0 Å². The van der Waals surface area contributed by atoms with E-state index in [-0.39, 0.29) is 5.75 Å². The maximum Gasteiger partial charge on any atom is 0.240 e. The smallest absolute Gasteiger partial charge is 0.240 e. The lowest BCUT2D eigenvalue weighted by Gasteiger charge is -1.95. The third-order valence-corrected chi connectivity index (χ3v) is 1.74. The second kappa shape index (κ2) is 3.32. The first-order valence-electron chi connectivity index (χ1n) is 2.80. The Bertz CT molecular complexity index is 318. The number of carbonyl (C=O) groups excluding carboxylic acids is 1. The van der Waals surface area contributed by atoms with E-state index in [1.807, 2.05) is 0 Å². The van der Waals surface area contributed by atoms with Crippen molar-refractivity contribution in [1.29, 1.82) is 0 Å². The molecule has 56 valence electrons. The Morgan fingerprint density at radius 2 is 2.27 bits per heavy atom. The lowest BCUT2D eigenvalue weighted by Crippen LogP contribution is -1.68. The van der Waals surface area contributed by atoms with Crippen molar-refractivity contribution in [2.24, 2.45) is 4.99 Å². The second-order valence-electron chi connectivity index (χ2n) is 1.84. The molecule has 0 heterocycles. The van der Waals surface area contributed by atoms with Crippen molar-refractivity contribution in [2.45, 2.75) is 0 Å². The van der Waals surface area contributed by atoms with Gasteiger partial charge in [-0.15, -0.1) is 0 Å². The van der Waals surface area contributed by atoms with Gasteiger partial charge in [0.15, 0.2) is 0 Å². The van der Waals surface area contributed by atoms with Crippen LogP contribution in [-0.4, -0.2) is 11.2 Å². The minimum atomic E-state index is 0.120. The Morgan fingerprint density at radius 1 is 1.55 bits per heavy atom. The Kier molecular flexibility index (Phi) is 2.41. The molecule has 1 aromatic rings. The average molecular weight is 214 g/mol. The quantitative estimate of drug-likeness (QED) is 0.574. The molecule has 0 unspecified atom stereocenters. The number of nitrogens with zero attached hydrogens (tertiary/aromatic N) is 1. The molecule has 1 rings (SSSR count). The summed E-state index contributed by atoms with van der Waals surface area (Å²) in [7, 11) is 0. The van der Waals surface area contributed by atoms with E-state index >= 15 is 0 Å². The lowest BCUT2D eigenvalue weighted by molar-refractivity contribution is 0.472. The molecular weight excluding hydrogens is 210 g/mol. The second-order valence-corrected chi connectivity index (χ2v) is 2.69. The van der Waals surface area contributed by atoms with Crippen LogP contribution in [0.4, 0.5) is 5.69 Å². The third-order valence-electron chi connectivity index (χ3n) is 1.11. The number of isocyanates is 1. The highest BCUT2D eigenvalue weighted by atomic mass is 79.9. The maximum atomic E-state index is 9.80. The van der Waals surface area contributed by atoms with Gasteiger partial charge in [-0.25, -0.2) is 4.79 Å². The van der Waals surface area contributed by atoms with Gasteiger partial charge in [-0.2, -0.15) is 4.99 Å². The van der Waals surface area contributed by atoms with E-state index in [0.29, 0.717) is 10.2 Å². The molecule has 0 saturated heterocycles. The fourth-order valence-corrected chi connectivity index (χ4v) is 0.985. The molecule has 0 amide bonds. The van der Waals surface area contributed by atoms with Gasteiger partial charge < -0.3 is 5.11 Å². The molecule has 0 saturated carbocycles. The number of benzene rings is 1. The maximum absolute atomic E-state index is 9.80. The van der Waals surface area contributed by atoms with Crippen molar-refractivity contribution in [1.82, 2.24) is 0 Å². The largest absolute Gasteiger partial charge is 0.507 e. The van der Waals surface area contributed by atoms with Crippen molar-refractivity contribution in [3.05, 3.63) is 22.7 Å². The highest BCUT2D eigenvalue weighted by Gasteiger charge is 1.96. The van der Waals surface area contributed by atoms with Crippen molar-refractivity contribution < 1.29 is 9.90 Å². The van der Waals surface area contributed by atoms with E-state index in [0.717, 1.165) is 0 Å². The van der Waals surface area contributed by atoms with Gasteiger partial charge in [0.25, 0.3) is 0 Å². The van der Waals surface area contributed by atoms with Crippen molar-refractivity contribution in [3.63, 3.8) is 0 Å². The SMILES string of the molecule is O=C=Nc1ccc(O)c(Br)c1. The molecule has 1 N–H and O–H groups in total. The number of rotatable bonds is 1. The van der Waals surface area contributed by atoms with Gasteiger partial charge >= 0.3 is 0 Å².